The van der Waals surface area contributed by atoms with E-state index in [1.807, 2.05) is 0 Å². The number of aliphatic hydroxyl groups excluding tert-OH is 1. The zero-order valence-electron chi connectivity index (χ0n) is 8.95. The zero-order valence-corrected chi connectivity index (χ0v) is 8.95. The van der Waals surface area contributed by atoms with E-state index in [0.717, 1.165) is 25.7 Å². The molecule has 0 saturated heterocycles. The van der Waals surface area contributed by atoms with E-state index >= 15 is 0 Å². The lowest BCUT2D eigenvalue weighted by atomic mass is 10.0. The zero-order chi connectivity index (χ0) is 10.1. The third kappa shape index (κ3) is 6.02. The third-order valence-corrected chi connectivity index (χ3v) is 1.99. The van der Waals surface area contributed by atoms with Crippen molar-refractivity contribution in [3.8, 4) is 0 Å². The topological polar surface area (TPSA) is 38.7 Å². The fourth-order valence-electron chi connectivity index (χ4n) is 1.31. The Balaban J connectivity index is 3.75. The van der Waals surface area contributed by atoms with Crippen molar-refractivity contribution in [1.29, 1.82) is 0 Å². The van der Waals surface area contributed by atoms with Crippen molar-refractivity contribution in [2.45, 2.75) is 51.7 Å². The van der Waals surface area contributed by atoms with Crippen LogP contribution in [0.3, 0.4) is 0 Å². The highest BCUT2D eigenvalue weighted by Gasteiger charge is 2.17. The van der Waals surface area contributed by atoms with Crippen LogP contribution in [0.25, 0.3) is 0 Å². The van der Waals surface area contributed by atoms with Crippen LogP contribution in [0.5, 0.6) is 0 Å². The van der Waals surface area contributed by atoms with Gasteiger partial charge in [-0.1, -0.05) is 26.7 Å². The predicted octanol–water partition coefficient (Wildman–Crippen LogP) is 1.94. The predicted molar refractivity (Wildman–Crippen MR) is 52.6 cm³/mol. The fourth-order valence-corrected chi connectivity index (χ4v) is 1.31. The molecule has 0 fully saturated rings. The van der Waals surface area contributed by atoms with E-state index in [-0.39, 0.29) is 19.0 Å². The molecule has 0 aromatic rings. The summed E-state index contributed by atoms with van der Waals surface area (Å²) in [5.41, 5.74) is 0. The molecular weight excluding hydrogens is 168 g/mol. The standard InChI is InChI=1S/C10H22O3/c1-4-6-9(11)10(7-5-2)13-8-12-3/h9-11H,4-8H2,1-3H3/t9-,10-/m1/s1. The summed E-state index contributed by atoms with van der Waals surface area (Å²) in [5.74, 6) is 0. The largest absolute Gasteiger partial charge is 0.390 e. The van der Waals surface area contributed by atoms with Gasteiger partial charge in [0, 0.05) is 7.11 Å². The van der Waals surface area contributed by atoms with E-state index in [2.05, 4.69) is 13.8 Å². The van der Waals surface area contributed by atoms with E-state index in [4.69, 9.17) is 9.47 Å². The maximum atomic E-state index is 9.69. The summed E-state index contributed by atoms with van der Waals surface area (Å²) < 4.78 is 10.2. The van der Waals surface area contributed by atoms with Gasteiger partial charge in [0.2, 0.25) is 0 Å². The first-order valence-electron chi connectivity index (χ1n) is 5.04. The van der Waals surface area contributed by atoms with Crippen molar-refractivity contribution in [2.24, 2.45) is 0 Å². The fraction of sp³-hybridized carbons (Fsp3) is 1.00. The summed E-state index contributed by atoms with van der Waals surface area (Å²) in [6.45, 7) is 4.41. The molecule has 0 rings (SSSR count). The number of methoxy groups -OCH3 is 1. The Hall–Kier alpha value is -0.120. The summed E-state index contributed by atoms with van der Waals surface area (Å²) in [5, 5.41) is 9.69. The third-order valence-electron chi connectivity index (χ3n) is 1.99. The first-order chi connectivity index (χ1) is 6.26. The molecule has 0 aromatic heterocycles. The van der Waals surface area contributed by atoms with E-state index in [1.54, 1.807) is 7.11 Å². The molecule has 0 aliphatic carbocycles. The minimum absolute atomic E-state index is 0.0649. The molecule has 0 spiro atoms. The van der Waals surface area contributed by atoms with Crippen LogP contribution in [-0.2, 0) is 9.47 Å². The normalized spacial score (nSPS) is 15.7. The van der Waals surface area contributed by atoms with Gasteiger partial charge < -0.3 is 14.6 Å². The number of hydrogen-bond acceptors (Lipinski definition) is 3. The van der Waals surface area contributed by atoms with Crippen LogP contribution in [0.4, 0.5) is 0 Å². The molecule has 0 saturated carbocycles. The minimum atomic E-state index is -0.347. The second kappa shape index (κ2) is 8.48. The Kier molecular flexibility index (Phi) is 8.40. The number of aliphatic hydroxyl groups is 1. The Morgan fingerprint density at radius 3 is 2.23 bits per heavy atom. The molecule has 0 aliphatic heterocycles. The molecule has 80 valence electrons. The molecule has 0 unspecified atom stereocenters. The van der Waals surface area contributed by atoms with E-state index in [9.17, 15) is 5.11 Å². The molecular formula is C10H22O3. The molecule has 3 heteroatoms. The highest BCUT2D eigenvalue weighted by molar-refractivity contribution is 4.67. The highest BCUT2D eigenvalue weighted by Crippen LogP contribution is 2.11. The summed E-state index contributed by atoms with van der Waals surface area (Å²) in [7, 11) is 1.59. The SMILES string of the molecule is CCC[C@@H](O)[C@@H](CCC)OCOC. The maximum Gasteiger partial charge on any atom is 0.146 e. The van der Waals surface area contributed by atoms with E-state index in [1.165, 1.54) is 0 Å². The number of hydrogen-bond donors (Lipinski definition) is 1. The molecule has 13 heavy (non-hydrogen) atoms. The Bertz CT molecular complexity index is 106. The van der Waals surface area contributed by atoms with Gasteiger partial charge in [-0.25, -0.2) is 0 Å². The van der Waals surface area contributed by atoms with Gasteiger partial charge in [-0.3, -0.25) is 0 Å². The lowest BCUT2D eigenvalue weighted by Crippen LogP contribution is -2.29. The van der Waals surface area contributed by atoms with Crippen LogP contribution in [0.2, 0.25) is 0 Å². The van der Waals surface area contributed by atoms with Crippen LogP contribution in [0.1, 0.15) is 39.5 Å². The molecule has 2 atom stereocenters. The molecule has 0 aromatic carbocycles. The average Bonchev–Trinajstić information content (AvgIpc) is 2.12. The van der Waals surface area contributed by atoms with Gasteiger partial charge in [0.05, 0.1) is 12.2 Å². The minimum Gasteiger partial charge on any atom is -0.390 e. The molecule has 0 bridgehead atoms. The van der Waals surface area contributed by atoms with Gasteiger partial charge in [-0.05, 0) is 12.8 Å². The summed E-state index contributed by atoms with van der Waals surface area (Å²) >= 11 is 0. The van der Waals surface area contributed by atoms with Crippen LogP contribution in [0.15, 0.2) is 0 Å². The van der Waals surface area contributed by atoms with Crippen molar-refractivity contribution in [3.63, 3.8) is 0 Å². The molecule has 3 nitrogen and oxygen atoms in total. The molecule has 1 N–H and O–H groups in total. The van der Waals surface area contributed by atoms with Gasteiger partial charge in [0.1, 0.15) is 6.79 Å². The van der Waals surface area contributed by atoms with Crippen molar-refractivity contribution in [3.05, 3.63) is 0 Å². The van der Waals surface area contributed by atoms with Crippen molar-refractivity contribution >= 4 is 0 Å². The summed E-state index contributed by atoms with van der Waals surface area (Å²) in [6.07, 6.45) is 3.29. The molecule has 0 heterocycles. The quantitative estimate of drug-likeness (QED) is 0.594. The highest BCUT2D eigenvalue weighted by atomic mass is 16.7. The Labute approximate surface area is 81.0 Å². The smallest absolute Gasteiger partial charge is 0.146 e. The van der Waals surface area contributed by atoms with Crippen molar-refractivity contribution in [2.75, 3.05) is 13.9 Å². The average molecular weight is 190 g/mol. The molecule has 0 amide bonds. The maximum absolute atomic E-state index is 9.69. The lowest BCUT2D eigenvalue weighted by molar-refractivity contribution is -0.116. The second-order valence-electron chi connectivity index (χ2n) is 3.26. The monoisotopic (exact) mass is 190 g/mol. The second-order valence-corrected chi connectivity index (χ2v) is 3.26. The van der Waals surface area contributed by atoms with Gasteiger partial charge in [0.15, 0.2) is 0 Å². The van der Waals surface area contributed by atoms with Gasteiger partial charge in [-0.15, -0.1) is 0 Å². The van der Waals surface area contributed by atoms with Crippen molar-refractivity contribution in [1.82, 2.24) is 0 Å². The van der Waals surface area contributed by atoms with Crippen LogP contribution in [-0.4, -0.2) is 31.2 Å². The van der Waals surface area contributed by atoms with Crippen LogP contribution < -0.4 is 0 Å². The lowest BCUT2D eigenvalue weighted by Gasteiger charge is -2.22. The van der Waals surface area contributed by atoms with Gasteiger partial charge in [0.25, 0.3) is 0 Å². The summed E-state index contributed by atoms with van der Waals surface area (Å²) in [4.78, 5) is 0. The Morgan fingerprint density at radius 1 is 1.15 bits per heavy atom. The summed E-state index contributed by atoms with van der Waals surface area (Å²) in [6, 6.07) is 0. The van der Waals surface area contributed by atoms with Crippen LogP contribution >= 0.6 is 0 Å². The van der Waals surface area contributed by atoms with Gasteiger partial charge >= 0.3 is 0 Å². The molecule has 0 aliphatic rings. The van der Waals surface area contributed by atoms with E-state index < -0.39 is 0 Å². The molecule has 0 radical (unpaired) electrons. The Morgan fingerprint density at radius 2 is 1.77 bits per heavy atom. The number of rotatable bonds is 8. The van der Waals surface area contributed by atoms with Crippen LogP contribution in [0, 0.1) is 0 Å². The first-order valence-corrected chi connectivity index (χ1v) is 5.04. The van der Waals surface area contributed by atoms with Gasteiger partial charge in [-0.2, -0.15) is 0 Å². The van der Waals surface area contributed by atoms with E-state index in [0.29, 0.717) is 0 Å². The van der Waals surface area contributed by atoms with Crippen molar-refractivity contribution < 1.29 is 14.6 Å². The number of ether oxygens (including phenoxy) is 2. The first kappa shape index (κ1) is 12.9.